The SMILES string of the molecule is CC1NCCC1(O)Cc1ccc(F)cc1. The molecule has 1 aliphatic heterocycles. The highest BCUT2D eigenvalue weighted by molar-refractivity contribution is 5.19. The first-order chi connectivity index (χ1) is 7.10. The van der Waals surface area contributed by atoms with Crippen LogP contribution in [0.2, 0.25) is 0 Å². The lowest BCUT2D eigenvalue weighted by molar-refractivity contribution is 0.0335. The lowest BCUT2D eigenvalue weighted by Gasteiger charge is -2.27. The zero-order valence-corrected chi connectivity index (χ0v) is 8.83. The molecular formula is C12H16FNO. The number of hydrogen-bond acceptors (Lipinski definition) is 2. The van der Waals surface area contributed by atoms with Crippen molar-refractivity contribution >= 4 is 0 Å². The largest absolute Gasteiger partial charge is 0.388 e. The summed E-state index contributed by atoms with van der Waals surface area (Å²) in [6, 6.07) is 6.44. The van der Waals surface area contributed by atoms with Gasteiger partial charge < -0.3 is 10.4 Å². The van der Waals surface area contributed by atoms with Gasteiger partial charge in [-0.2, -0.15) is 0 Å². The van der Waals surface area contributed by atoms with Crippen LogP contribution in [-0.2, 0) is 6.42 Å². The molecule has 1 fully saturated rings. The third-order valence-corrected chi connectivity index (χ3v) is 3.24. The fraction of sp³-hybridized carbons (Fsp3) is 0.500. The minimum absolute atomic E-state index is 0.0996. The van der Waals surface area contributed by atoms with E-state index in [-0.39, 0.29) is 11.9 Å². The Balaban J connectivity index is 2.11. The normalized spacial score (nSPS) is 30.7. The van der Waals surface area contributed by atoms with E-state index < -0.39 is 5.60 Å². The number of halogens is 1. The van der Waals surface area contributed by atoms with Gasteiger partial charge in [-0.15, -0.1) is 0 Å². The van der Waals surface area contributed by atoms with Crippen LogP contribution in [-0.4, -0.2) is 23.3 Å². The molecule has 1 aliphatic rings. The fourth-order valence-corrected chi connectivity index (χ4v) is 2.11. The average Bonchev–Trinajstić information content (AvgIpc) is 2.51. The number of aliphatic hydroxyl groups is 1. The lowest BCUT2D eigenvalue weighted by atomic mass is 9.88. The predicted octanol–water partition coefficient (Wildman–Crippen LogP) is 1.48. The van der Waals surface area contributed by atoms with E-state index in [1.165, 1.54) is 12.1 Å². The second-order valence-corrected chi connectivity index (χ2v) is 4.33. The van der Waals surface area contributed by atoms with Gasteiger partial charge in [0.15, 0.2) is 0 Å². The van der Waals surface area contributed by atoms with Crippen molar-refractivity contribution in [3.8, 4) is 0 Å². The smallest absolute Gasteiger partial charge is 0.123 e. The van der Waals surface area contributed by atoms with Crippen LogP contribution >= 0.6 is 0 Å². The molecule has 2 nitrogen and oxygen atoms in total. The summed E-state index contributed by atoms with van der Waals surface area (Å²) in [7, 11) is 0. The molecule has 1 aromatic rings. The lowest BCUT2D eigenvalue weighted by Crippen LogP contribution is -2.42. The van der Waals surface area contributed by atoms with Gasteiger partial charge in [0, 0.05) is 12.5 Å². The number of hydrogen-bond donors (Lipinski definition) is 2. The van der Waals surface area contributed by atoms with Crippen molar-refractivity contribution in [2.75, 3.05) is 6.54 Å². The standard InChI is InChI=1S/C12H16FNO/c1-9-12(15,6-7-14-9)8-10-2-4-11(13)5-3-10/h2-5,9,14-15H,6-8H2,1H3. The molecule has 0 amide bonds. The molecule has 1 saturated heterocycles. The van der Waals surface area contributed by atoms with Gasteiger partial charge in [-0.1, -0.05) is 12.1 Å². The Morgan fingerprint density at radius 1 is 1.47 bits per heavy atom. The second kappa shape index (κ2) is 3.91. The van der Waals surface area contributed by atoms with Crippen molar-refractivity contribution in [3.05, 3.63) is 35.6 Å². The molecule has 0 saturated carbocycles. The van der Waals surface area contributed by atoms with Crippen LogP contribution in [0.15, 0.2) is 24.3 Å². The summed E-state index contributed by atoms with van der Waals surface area (Å²) in [5.74, 6) is -0.233. The Kier molecular flexibility index (Phi) is 2.76. The number of nitrogens with one attached hydrogen (secondary N) is 1. The molecule has 2 atom stereocenters. The Bertz CT molecular complexity index is 338. The quantitative estimate of drug-likeness (QED) is 0.773. The Labute approximate surface area is 89.1 Å². The third kappa shape index (κ3) is 2.19. The van der Waals surface area contributed by atoms with E-state index >= 15 is 0 Å². The maximum absolute atomic E-state index is 12.7. The van der Waals surface area contributed by atoms with Gasteiger partial charge in [-0.25, -0.2) is 4.39 Å². The highest BCUT2D eigenvalue weighted by Crippen LogP contribution is 2.25. The topological polar surface area (TPSA) is 32.3 Å². The van der Waals surface area contributed by atoms with Gasteiger partial charge in [-0.05, 0) is 37.6 Å². The highest BCUT2D eigenvalue weighted by Gasteiger charge is 2.37. The van der Waals surface area contributed by atoms with Crippen molar-refractivity contribution in [1.29, 1.82) is 0 Å². The minimum atomic E-state index is -0.683. The highest BCUT2D eigenvalue weighted by atomic mass is 19.1. The number of benzene rings is 1. The maximum atomic E-state index is 12.7. The van der Waals surface area contributed by atoms with Gasteiger partial charge in [0.25, 0.3) is 0 Å². The zero-order chi connectivity index (χ0) is 10.9. The molecule has 0 spiro atoms. The molecule has 3 heteroatoms. The molecule has 82 valence electrons. The van der Waals surface area contributed by atoms with E-state index in [4.69, 9.17) is 0 Å². The van der Waals surface area contributed by atoms with Gasteiger partial charge in [0.2, 0.25) is 0 Å². The van der Waals surface area contributed by atoms with Crippen LogP contribution in [0, 0.1) is 5.82 Å². The summed E-state index contributed by atoms with van der Waals surface area (Å²) in [4.78, 5) is 0. The first-order valence-corrected chi connectivity index (χ1v) is 5.30. The van der Waals surface area contributed by atoms with E-state index in [2.05, 4.69) is 5.32 Å². The average molecular weight is 209 g/mol. The fourth-order valence-electron chi connectivity index (χ4n) is 2.11. The Hall–Kier alpha value is -0.930. The molecule has 2 unspecified atom stereocenters. The first kappa shape index (κ1) is 10.6. The van der Waals surface area contributed by atoms with Crippen LogP contribution in [0.5, 0.6) is 0 Å². The molecule has 2 rings (SSSR count). The molecule has 1 aromatic carbocycles. The van der Waals surface area contributed by atoms with E-state index in [0.29, 0.717) is 6.42 Å². The molecule has 1 heterocycles. The first-order valence-electron chi connectivity index (χ1n) is 5.30. The van der Waals surface area contributed by atoms with Crippen LogP contribution in [0.4, 0.5) is 4.39 Å². The van der Waals surface area contributed by atoms with Crippen LogP contribution in [0.1, 0.15) is 18.9 Å². The van der Waals surface area contributed by atoms with Gasteiger partial charge >= 0.3 is 0 Å². The molecule has 0 aromatic heterocycles. The summed E-state index contributed by atoms with van der Waals surface area (Å²) in [6.07, 6.45) is 1.34. The molecular weight excluding hydrogens is 193 g/mol. The van der Waals surface area contributed by atoms with E-state index in [0.717, 1.165) is 18.5 Å². The van der Waals surface area contributed by atoms with Crippen molar-refractivity contribution < 1.29 is 9.50 Å². The summed E-state index contributed by atoms with van der Waals surface area (Å²) in [5, 5.41) is 13.5. The maximum Gasteiger partial charge on any atom is 0.123 e. The monoisotopic (exact) mass is 209 g/mol. The zero-order valence-electron chi connectivity index (χ0n) is 8.83. The molecule has 15 heavy (non-hydrogen) atoms. The van der Waals surface area contributed by atoms with Crippen LogP contribution in [0.25, 0.3) is 0 Å². The second-order valence-electron chi connectivity index (χ2n) is 4.33. The molecule has 2 N–H and O–H groups in total. The Morgan fingerprint density at radius 2 is 2.13 bits per heavy atom. The predicted molar refractivity (Wildman–Crippen MR) is 57.1 cm³/mol. The van der Waals surface area contributed by atoms with E-state index in [1.807, 2.05) is 6.92 Å². The molecule has 0 aliphatic carbocycles. The minimum Gasteiger partial charge on any atom is -0.388 e. The van der Waals surface area contributed by atoms with Crippen molar-refractivity contribution in [3.63, 3.8) is 0 Å². The van der Waals surface area contributed by atoms with Crippen molar-refractivity contribution in [2.45, 2.75) is 31.4 Å². The van der Waals surface area contributed by atoms with Crippen LogP contribution in [0.3, 0.4) is 0 Å². The summed E-state index contributed by atoms with van der Waals surface area (Å²) >= 11 is 0. The van der Waals surface area contributed by atoms with Gasteiger partial charge in [0.05, 0.1) is 5.60 Å². The molecule has 0 radical (unpaired) electrons. The van der Waals surface area contributed by atoms with Crippen molar-refractivity contribution in [1.82, 2.24) is 5.32 Å². The molecule has 0 bridgehead atoms. The number of rotatable bonds is 2. The van der Waals surface area contributed by atoms with Gasteiger partial charge in [-0.3, -0.25) is 0 Å². The summed E-state index contributed by atoms with van der Waals surface area (Å²) in [6.45, 7) is 2.83. The van der Waals surface area contributed by atoms with E-state index in [9.17, 15) is 9.50 Å². The summed E-state index contributed by atoms with van der Waals surface area (Å²) in [5.41, 5.74) is 0.298. The third-order valence-electron chi connectivity index (χ3n) is 3.24. The van der Waals surface area contributed by atoms with Crippen LogP contribution < -0.4 is 5.32 Å². The van der Waals surface area contributed by atoms with E-state index in [1.54, 1.807) is 12.1 Å². The Morgan fingerprint density at radius 3 is 2.67 bits per heavy atom. The van der Waals surface area contributed by atoms with Crippen molar-refractivity contribution in [2.24, 2.45) is 0 Å². The summed E-state index contributed by atoms with van der Waals surface area (Å²) < 4.78 is 12.7. The van der Waals surface area contributed by atoms with Gasteiger partial charge in [0.1, 0.15) is 5.82 Å².